The van der Waals surface area contributed by atoms with Gasteiger partial charge in [-0.2, -0.15) is 0 Å². The average molecular weight is 429 g/mol. The highest BCUT2D eigenvalue weighted by Crippen LogP contribution is 2.23. The van der Waals surface area contributed by atoms with Crippen LogP contribution in [0.5, 0.6) is 5.75 Å². The molecule has 1 unspecified atom stereocenters. The van der Waals surface area contributed by atoms with Gasteiger partial charge >= 0.3 is 0 Å². The number of allylic oxidation sites excluding steroid dienone is 1. The SMILES string of the molecule is CC.CCC(CCNC)c1cccc(CNC)c1.O=C/C=C/c1ccc(O)c(CO)c1. The van der Waals surface area contributed by atoms with Gasteiger partial charge in [-0.05, 0) is 74.3 Å². The van der Waals surface area contributed by atoms with Crippen LogP contribution >= 0.6 is 0 Å². The van der Waals surface area contributed by atoms with Crippen molar-refractivity contribution in [1.82, 2.24) is 10.6 Å². The highest BCUT2D eigenvalue weighted by atomic mass is 16.3. The van der Waals surface area contributed by atoms with Gasteiger partial charge < -0.3 is 20.8 Å². The molecule has 0 heterocycles. The van der Waals surface area contributed by atoms with Crippen LogP contribution in [0.1, 0.15) is 61.8 Å². The molecule has 0 aliphatic heterocycles. The number of aromatic hydroxyl groups is 1. The van der Waals surface area contributed by atoms with Crippen molar-refractivity contribution in [3.05, 3.63) is 70.8 Å². The van der Waals surface area contributed by atoms with Crippen molar-refractivity contribution in [1.29, 1.82) is 0 Å². The molecule has 2 aromatic rings. The first kappa shape index (κ1) is 28.5. The summed E-state index contributed by atoms with van der Waals surface area (Å²) in [6.07, 6.45) is 6.06. The maximum Gasteiger partial charge on any atom is 0.142 e. The number of aliphatic hydroxyl groups excluding tert-OH is 1. The van der Waals surface area contributed by atoms with Gasteiger partial charge in [-0.3, -0.25) is 4.79 Å². The molecule has 31 heavy (non-hydrogen) atoms. The molecule has 172 valence electrons. The Morgan fingerprint density at radius 1 is 1.06 bits per heavy atom. The predicted octanol–water partition coefficient (Wildman–Crippen LogP) is 4.63. The second-order valence-electron chi connectivity index (χ2n) is 6.81. The summed E-state index contributed by atoms with van der Waals surface area (Å²) < 4.78 is 0. The van der Waals surface area contributed by atoms with E-state index in [9.17, 15) is 9.90 Å². The van der Waals surface area contributed by atoms with Crippen molar-refractivity contribution in [2.75, 3.05) is 20.6 Å². The standard InChI is InChI=1S/C14H24N2.C10H10O3.C2H6/c1-4-13(8-9-15-2)14-7-5-6-12(10-14)11-16-3;11-5-1-2-8-3-4-10(13)9(6-8)7-12;1-2/h5-7,10,13,15-16H,4,8-9,11H2,1-3H3;1-6,12-13H,7H2;1-2H3/b;2-1+;. The fourth-order valence-corrected chi connectivity index (χ4v) is 3.07. The maximum atomic E-state index is 10.0. The summed E-state index contributed by atoms with van der Waals surface area (Å²) in [5.41, 5.74) is 4.08. The summed E-state index contributed by atoms with van der Waals surface area (Å²) in [5, 5.41) is 24.5. The molecule has 4 N–H and O–H groups in total. The van der Waals surface area contributed by atoms with Crippen LogP contribution in [-0.4, -0.2) is 37.1 Å². The van der Waals surface area contributed by atoms with E-state index in [-0.39, 0.29) is 12.4 Å². The molecule has 0 radical (unpaired) electrons. The molecule has 1 atom stereocenters. The molecule has 0 fully saturated rings. The monoisotopic (exact) mass is 428 g/mol. The van der Waals surface area contributed by atoms with Gasteiger partial charge in [0.05, 0.1) is 6.61 Å². The van der Waals surface area contributed by atoms with E-state index >= 15 is 0 Å². The molecule has 0 aliphatic carbocycles. The van der Waals surface area contributed by atoms with E-state index in [2.05, 4.69) is 41.8 Å². The molecule has 5 heteroatoms. The Bertz CT molecular complexity index is 760. The van der Waals surface area contributed by atoms with Crippen LogP contribution in [0.15, 0.2) is 48.5 Å². The van der Waals surface area contributed by atoms with Gasteiger partial charge in [0.1, 0.15) is 12.0 Å². The van der Waals surface area contributed by atoms with Gasteiger partial charge in [0, 0.05) is 12.1 Å². The molecule has 5 nitrogen and oxygen atoms in total. The first-order chi connectivity index (χ1) is 15.1. The number of aliphatic hydroxyl groups is 1. The summed E-state index contributed by atoms with van der Waals surface area (Å²) >= 11 is 0. The van der Waals surface area contributed by atoms with Crippen molar-refractivity contribution < 1.29 is 15.0 Å². The number of rotatable bonds is 10. The number of hydrogen-bond donors (Lipinski definition) is 4. The molecule has 0 aliphatic rings. The number of phenols is 1. The topological polar surface area (TPSA) is 81.6 Å². The van der Waals surface area contributed by atoms with Gasteiger partial charge in [-0.25, -0.2) is 0 Å². The molecular formula is C26H40N2O3. The third-order valence-corrected chi connectivity index (χ3v) is 4.68. The highest BCUT2D eigenvalue weighted by Gasteiger charge is 2.08. The lowest BCUT2D eigenvalue weighted by molar-refractivity contribution is -0.104. The summed E-state index contributed by atoms with van der Waals surface area (Å²) in [5.74, 6) is 0.745. The van der Waals surface area contributed by atoms with Crippen molar-refractivity contribution >= 4 is 12.4 Å². The first-order valence-electron chi connectivity index (χ1n) is 11.0. The molecule has 0 aromatic heterocycles. The van der Waals surface area contributed by atoms with E-state index in [1.54, 1.807) is 18.2 Å². The van der Waals surface area contributed by atoms with Gasteiger partial charge in [0.15, 0.2) is 0 Å². The Labute approximate surface area is 188 Å². The number of carbonyl (C=O) groups is 1. The van der Waals surface area contributed by atoms with Crippen molar-refractivity contribution in [3.63, 3.8) is 0 Å². The summed E-state index contributed by atoms with van der Waals surface area (Å²) in [7, 11) is 4.01. The molecular weight excluding hydrogens is 388 g/mol. The zero-order valence-electron chi connectivity index (χ0n) is 19.7. The van der Waals surface area contributed by atoms with Crippen LogP contribution in [0.25, 0.3) is 6.08 Å². The molecule has 0 spiro atoms. The van der Waals surface area contributed by atoms with Crippen LogP contribution in [0.2, 0.25) is 0 Å². The summed E-state index contributed by atoms with van der Waals surface area (Å²) in [6.45, 7) is 8.10. The Kier molecular flexibility index (Phi) is 16.9. The molecule has 2 rings (SSSR count). The third-order valence-electron chi connectivity index (χ3n) is 4.68. The molecule has 0 saturated carbocycles. The molecule has 2 aromatic carbocycles. The number of carbonyl (C=O) groups excluding carboxylic acids is 1. The highest BCUT2D eigenvalue weighted by molar-refractivity contribution is 5.74. The second kappa shape index (κ2) is 18.3. The fraction of sp³-hybridized carbons (Fsp3) is 0.423. The van der Waals surface area contributed by atoms with Crippen molar-refractivity contribution in [3.8, 4) is 5.75 Å². The van der Waals surface area contributed by atoms with E-state index in [0.717, 1.165) is 18.7 Å². The minimum atomic E-state index is -0.214. The quantitative estimate of drug-likeness (QED) is 0.328. The van der Waals surface area contributed by atoms with Crippen molar-refractivity contribution in [2.24, 2.45) is 0 Å². The molecule has 0 bridgehead atoms. The molecule has 0 amide bonds. The van der Waals surface area contributed by atoms with E-state index in [0.29, 0.717) is 17.8 Å². The Morgan fingerprint density at radius 2 is 1.81 bits per heavy atom. The first-order valence-corrected chi connectivity index (χ1v) is 11.0. The van der Waals surface area contributed by atoms with E-state index in [1.807, 2.05) is 27.9 Å². The minimum absolute atomic E-state index is 0.0609. The molecule has 0 saturated heterocycles. The Hall–Kier alpha value is -2.47. The minimum Gasteiger partial charge on any atom is -0.508 e. The van der Waals surface area contributed by atoms with Crippen LogP contribution in [0.4, 0.5) is 0 Å². The van der Waals surface area contributed by atoms with Crippen LogP contribution in [-0.2, 0) is 17.9 Å². The zero-order chi connectivity index (χ0) is 23.5. The predicted molar refractivity (Wildman–Crippen MR) is 131 cm³/mol. The van der Waals surface area contributed by atoms with E-state index in [1.165, 1.54) is 36.1 Å². The number of nitrogens with one attached hydrogen (secondary N) is 2. The normalized spacial score (nSPS) is 11.2. The van der Waals surface area contributed by atoms with Crippen LogP contribution in [0, 0.1) is 0 Å². The zero-order valence-corrected chi connectivity index (χ0v) is 19.7. The average Bonchev–Trinajstić information content (AvgIpc) is 2.81. The Balaban J connectivity index is 0.000000547. The largest absolute Gasteiger partial charge is 0.508 e. The van der Waals surface area contributed by atoms with Gasteiger partial charge in [0.25, 0.3) is 0 Å². The van der Waals surface area contributed by atoms with Crippen LogP contribution in [0.3, 0.4) is 0 Å². The van der Waals surface area contributed by atoms with Gasteiger partial charge in [-0.1, -0.05) is 57.2 Å². The maximum absolute atomic E-state index is 10.0. The van der Waals surface area contributed by atoms with Gasteiger partial charge in [0.2, 0.25) is 0 Å². The third kappa shape index (κ3) is 11.5. The van der Waals surface area contributed by atoms with Crippen molar-refractivity contribution in [2.45, 2.75) is 52.7 Å². The number of aldehydes is 1. The smallest absolute Gasteiger partial charge is 0.142 e. The Morgan fingerprint density at radius 3 is 2.39 bits per heavy atom. The van der Waals surface area contributed by atoms with E-state index < -0.39 is 0 Å². The summed E-state index contributed by atoms with van der Waals surface area (Å²) in [6, 6.07) is 13.7. The lowest BCUT2D eigenvalue weighted by Gasteiger charge is -2.16. The van der Waals surface area contributed by atoms with E-state index in [4.69, 9.17) is 5.11 Å². The van der Waals surface area contributed by atoms with Gasteiger partial charge in [-0.15, -0.1) is 0 Å². The number of benzene rings is 2. The lowest BCUT2D eigenvalue weighted by Crippen LogP contribution is -2.12. The lowest BCUT2D eigenvalue weighted by atomic mass is 9.92. The summed E-state index contributed by atoms with van der Waals surface area (Å²) in [4.78, 5) is 10.0. The fourth-order valence-electron chi connectivity index (χ4n) is 3.07. The number of hydrogen-bond acceptors (Lipinski definition) is 5. The second-order valence-corrected chi connectivity index (χ2v) is 6.81. The van der Waals surface area contributed by atoms with Crippen LogP contribution < -0.4 is 10.6 Å².